The first-order valence-corrected chi connectivity index (χ1v) is 15.9. The minimum Gasteiger partial charge on any atom is -0.466 e. The lowest BCUT2D eigenvalue weighted by molar-refractivity contribution is -0.137. The molecule has 0 unspecified atom stereocenters. The molecule has 0 saturated carbocycles. The van der Waals surface area contributed by atoms with Gasteiger partial charge in [-0.25, -0.2) is 14.4 Å². The molecule has 4 aromatic rings. The Labute approximate surface area is 287 Å². The van der Waals surface area contributed by atoms with Crippen molar-refractivity contribution in [2.45, 2.75) is 39.3 Å². The number of para-hydroxylation sites is 1. The van der Waals surface area contributed by atoms with E-state index in [-0.39, 0.29) is 16.9 Å². The van der Waals surface area contributed by atoms with Gasteiger partial charge in [-0.05, 0) is 80.8 Å². The van der Waals surface area contributed by atoms with E-state index in [4.69, 9.17) is 9.47 Å². The minimum atomic E-state index is -4.56. The lowest BCUT2D eigenvalue weighted by Gasteiger charge is -2.36. The molecule has 1 aliphatic heterocycles. The summed E-state index contributed by atoms with van der Waals surface area (Å²) in [6.07, 6.45) is 2.85. The topological polar surface area (TPSA) is 78.9 Å². The number of carbonyl (C=O) groups excluding carboxylic acids is 3. The maximum atomic E-state index is 13.9. The molecule has 2 aliphatic carbocycles. The van der Waals surface area contributed by atoms with Gasteiger partial charge in [-0.15, -0.1) is 0 Å². The molecule has 0 spiro atoms. The predicted octanol–water partition coefficient (Wildman–Crippen LogP) is 9.35. The Bertz CT molecular complexity index is 2180. The van der Waals surface area contributed by atoms with Crippen LogP contribution in [-0.4, -0.2) is 32.1 Å². The highest BCUT2D eigenvalue weighted by Gasteiger charge is 2.36. The molecule has 50 heavy (non-hydrogen) atoms. The van der Waals surface area contributed by atoms with Crippen molar-refractivity contribution in [1.29, 1.82) is 0 Å². The molecule has 0 fully saturated rings. The SMILES string of the molecule is COC(=O)C1=COc2ccccc2C1.COC(=O)c1ccc(-c2cc(C(F)(F)F)cc3ccc4c(c23)C(=C=O)CC2=C4C=CCC2(C)C)cc1. The van der Waals surface area contributed by atoms with E-state index in [1.807, 2.05) is 30.3 Å². The molecule has 254 valence electrons. The van der Waals surface area contributed by atoms with Gasteiger partial charge in [0.2, 0.25) is 0 Å². The molecule has 1 heterocycles. The maximum absolute atomic E-state index is 13.9. The van der Waals surface area contributed by atoms with Crippen molar-refractivity contribution in [3.8, 4) is 16.9 Å². The maximum Gasteiger partial charge on any atom is 0.416 e. The van der Waals surface area contributed by atoms with Crippen LogP contribution in [0.4, 0.5) is 13.2 Å². The van der Waals surface area contributed by atoms with Crippen molar-refractivity contribution < 1.29 is 41.8 Å². The quantitative estimate of drug-likeness (QED) is 0.159. The second-order valence-corrected chi connectivity index (χ2v) is 12.9. The summed E-state index contributed by atoms with van der Waals surface area (Å²) in [6, 6.07) is 19.6. The summed E-state index contributed by atoms with van der Waals surface area (Å²) < 4.78 is 56.3. The Morgan fingerprint density at radius 2 is 1.60 bits per heavy atom. The van der Waals surface area contributed by atoms with Crippen LogP contribution in [0.3, 0.4) is 0 Å². The lowest BCUT2D eigenvalue weighted by atomic mass is 9.67. The normalized spacial score (nSPS) is 15.7. The highest BCUT2D eigenvalue weighted by atomic mass is 19.4. The highest BCUT2D eigenvalue weighted by molar-refractivity contribution is 6.13. The molecule has 4 aromatic carbocycles. The van der Waals surface area contributed by atoms with Crippen LogP contribution in [-0.2, 0) is 31.7 Å². The van der Waals surface area contributed by atoms with Crippen molar-refractivity contribution in [2.75, 3.05) is 14.2 Å². The van der Waals surface area contributed by atoms with Crippen LogP contribution in [0.25, 0.3) is 33.0 Å². The van der Waals surface area contributed by atoms with Gasteiger partial charge in [0.15, 0.2) is 0 Å². The predicted molar refractivity (Wildman–Crippen MR) is 185 cm³/mol. The van der Waals surface area contributed by atoms with Gasteiger partial charge in [0.25, 0.3) is 0 Å². The molecule has 0 bridgehead atoms. The molecule has 7 rings (SSSR count). The zero-order valence-electron chi connectivity index (χ0n) is 27.9. The van der Waals surface area contributed by atoms with Gasteiger partial charge in [0.05, 0.1) is 30.9 Å². The third-order valence-electron chi connectivity index (χ3n) is 9.31. The number of carbonyl (C=O) groups is 2. The molecule has 3 aliphatic rings. The van der Waals surface area contributed by atoms with E-state index < -0.39 is 17.7 Å². The van der Waals surface area contributed by atoms with E-state index in [0.29, 0.717) is 51.5 Å². The van der Waals surface area contributed by atoms with Gasteiger partial charge in [-0.1, -0.05) is 74.0 Å². The average Bonchev–Trinajstić information content (AvgIpc) is 3.12. The van der Waals surface area contributed by atoms with E-state index in [1.165, 1.54) is 32.6 Å². The van der Waals surface area contributed by atoms with Crippen molar-refractivity contribution in [3.05, 3.63) is 130 Å². The fraction of sp³-hybridized carbons (Fsp3) is 0.220. The molecule has 0 radical (unpaired) electrons. The number of methoxy groups -OCH3 is 2. The van der Waals surface area contributed by atoms with Crippen molar-refractivity contribution in [3.63, 3.8) is 0 Å². The van der Waals surface area contributed by atoms with E-state index in [2.05, 4.69) is 30.6 Å². The fourth-order valence-corrected chi connectivity index (χ4v) is 6.70. The van der Waals surface area contributed by atoms with E-state index in [9.17, 15) is 27.6 Å². The molecule has 0 atom stereocenters. The standard InChI is InChI=1S/C30H23F3O3.C11H10O3/c1-29(2)12-4-5-22-23-11-10-19-13-21(30(31,32)33)15-24(17-6-8-18(9-7-17)28(35)36-3)26(19)27(23)20(16-34)14-25(22)29;1-13-11(12)9-6-8-4-2-3-5-10(8)14-7-9/h4-11,13,15H,12,14H2,1-3H3;2-5,7H,6H2,1H3. The summed E-state index contributed by atoms with van der Waals surface area (Å²) >= 11 is 0. The number of alkyl halides is 3. The van der Waals surface area contributed by atoms with E-state index in [0.717, 1.165) is 46.6 Å². The Morgan fingerprint density at radius 1 is 0.880 bits per heavy atom. The molecule has 0 N–H and O–H groups in total. The van der Waals surface area contributed by atoms with Crippen LogP contribution in [0.1, 0.15) is 59.3 Å². The molecule has 0 amide bonds. The number of esters is 2. The van der Waals surface area contributed by atoms with E-state index in [1.54, 1.807) is 24.3 Å². The summed E-state index contributed by atoms with van der Waals surface area (Å²) in [5.74, 6) is 2.04. The summed E-state index contributed by atoms with van der Waals surface area (Å²) in [7, 11) is 2.63. The first-order valence-electron chi connectivity index (χ1n) is 15.9. The number of fused-ring (bicyclic) bond motifs is 5. The third-order valence-corrected chi connectivity index (χ3v) is 9.31. The Balaban J connectivity index is 0.000000257. The number of allylic oxidation sites excluding steroid dienone is 5. The second kappa shape index (κ2) is 13.3. The van der Waals surface area contributed by atoms with Crippen molar-refractivity contribution in [2.24, 2.45) is 5.41 Å². The number of hydrogen-bond acceptors (Lipinski definition) is 6. The van der Waals surface area contributed by atoms with Gasteiger partial charge >= 0.3 is 18.1 Å². The first-order chi connectivity index (χ1) is 23.9. The second-order valence-electron chi connectivity index (χ2n) is 12.9. The molecular weight excluding hydrogens is 645 g/mol. The van der Waals surface area contributed by atoms with Crippen LogP contribution in [0, 0.1) is 5.41 Å². The third kappa shape index (κ3) is 6.40. The largest absolute Gasteiger partial charge is 0.466 e. The van der Waals surface area contributed by atoms with Crippen molar-refractivity contribution in [1.82, 2.24) is 0 Å². The van der Waals surface area contributed by atoms with Crippen molar-refractivity contribution >= 4 is 39.8 Å². The smallest absolute Gasteiger partial charge is 0.416 e. The van der Waals surface area contributed by atoms with Gasteiger partial charge in [-0.3, -0.25) is 0 Å². The molecule has 0 aromatic heterocycles. The zero-order chi connectivity index (χ0) is 35.8. The summed E-state index contributed by atoms with van der Waals surface area (Å²) in [6.45, 7) is 4.26. The van der Waals surface area contributed by atoms with Gasteiger partial charge in [-0.2, -0.15) is 13.2 Å². The minimum absolute atomic E-state index is 0.147. The summed E-state index contributed by atoms with van der Waals surface area (Å²) in [4.78, 5) is 35.3. The number of rotatable bonds is 3. The summed E-state index contributed by atoms with van der Waals surface area (Å²) in [5, 5.41) is 0.944. The fourth-order valence-electron chi connectivity index (χ4n) is 6.70. The van der Waals surface area contributed by atoms with Gasteiger partial charge in [0.1, 0.15) is 18.0 Å². The zero-order valence-corrected chi connectivity index (χ0v) is 27.9. The van der Waals surface area contributed by atoms with Crippen LogP contribution < -0.4 is 4.74 Å². The Morgan fingerprint density at radius 3 is 2.28 bits per heavy atom. The lowest BCUT2D eigenvalue weighted by Crippen LogP contribution is -2.21. The molecule has 0 saturated heterocycles. The molecule has 6 nitrogen and oxygen atoms in total. The molecular formula is C41H33F3O6. The van der Waals surface area contributed by atoms with E-state index >= 15 is 0 Å². The number of benzene rings is 4. The number of halogens is 3. The number of ether oxygens (including phenoxy) is 3. The average molecular weight is 679 g/mol. The Kier molecular flexibility index (Phi) is 9.12. The highest BCUT2D eigenvalue weighted by Crippen LogP contribution is 2.52. The Hall–Kier alpha value is -5.66. The summed E-state index contributed by atoms with van der Waals surface area (Å²) in [5.41, 5.74) is 5.76. The van der Waals surface area contributed by atoms with Gasteiger partial charge in [0, 0.05) is 24.0 Å². The van der Waals surface area contributed by atoms with Crippen LogP contribution in [0.2, 0.25) is 0 Å². The van der Waals surface area contributed by atoms with Gasteiger partial charge < -0.3 is 14.2 Å². The monoisotopic (exact) mass is 678 g/mol. The number of hydrogen-bond donors (Lipinski definition) is 0. The molecule has 9 heteroatoms. The van der Waals surface area contributed by atoms with Crippen LogP contribution in [0.15, 0.2) is 102 Å². The van der Waals surface area contributed by atoms with Crippen LogP contribution in [0.5, 0.6) is 5.75 Å². The first kappa shape index (κ1) is 34.2. The van der Waals surface area contributed by atoms with Crippen LogP contribution >= 0.6 is 0 Å².